The predicted molar refractivity (Wildman–Crippen MR) is 118 cm³/mol. The summed E-state index contributed by atoms with van der Waals surface area (Å²) in [4.78, 5) is 9.44. The number of nitrogens with one attached hydrogen (secondary N) is 1. The van der Waals surface area contributed by atoms with Crippen LogP contribution in [-0.2, 0) is 11.3 Å². The van der Waals surface area contributed by atoms with Crippen LogP contribution in [0.1, 0.15) is 19.4 Å². The molecule has 1 aliphatic heterocycles. The lowest BCUT2D eigenvalue weighted by Crippen LogP contribution is -2.44. The molecule has 1 aliphatic rings. The minimum atomic E-state index is 0. The van der Waals surface area contributed by atoms with E-state index in [0.717, 1.165) is 63.2 Å². The maximum Gasteiger partial charge on any atom is 0.194 e. The van der Waals surface area contributed by atoms with Gasteiger partial charge in [0, 0.05) is 44.8 Å². The molecule has 1 saturated heterocycles. The molecular weight excluding hydrogens is 443 g/mol. The minimum absolute atomic E-state index is 0. The molecule has 148 valence electrons. The molecule has 0 amide bonds. The Morgan fingerprint density at radius 3 is 2.69 bits per heavy atom. The van der Waals surface area contributed by atoms with Crippen molar-refractivity contribution in [2.75, 3.05) is 53.6 Å². The van der Waals surface area contributed by atoms with Crippen molar-refractivity contribution in [2.24, 2.45) is 4.99 Å². The molecule has 6 nitrogen and oxygen atoms in total. The van der Waals surface area contributed by atoms with Gasteiger partial charge in [0.05, 0.1) is 26.9 Å². The van der Waals surface area contributed by atoms with Crippen molar-refractivity contribution in [1.82, 2.24) is 15.1 Å². The van der Waals surface area contributed by atoms with E-state index in [1.807, 2.05) is 18.2 Å². The topological polar surface area (TPSA) is 49.3 Å². The van der Waals surface area contributed by atoms with Gasteiger partial charge < -0.3 is 19.7 Å². The Hall–Kier alpha value is -1.06. The van der Waals surface area contributed by atoms with E-state index in [1.54, 1.807) is 7.11 Å². The van der Waals surface area contributed by atoms with Crippen LogP contribution in [-0.4, -0.2) is 75.4 Å². The van der Waals surface area contributed by atoms with Gasteiger partial charge in [-0.3, -0.25) is 9.89 Å². The van der Waals surface area contributed by atoms with E-state index >= 15 is 0 Å². The number of benzene rings is 1. The highest BCUT2D eigenvalue weighted by molar-refractivity contribution is 14.0. The van der Waals surface area contributed by atoms with Gasteiger partial charge in [-0.15, -0.1) is 24.0 Å². The number of aliphatic imine (C=N–C) groups is 1. The molecule has 0 aliphatic carbocycles. The van der Waals surface area contributed by atoms with Crippen LogP contribution in [0, 0.1) is 0 Å². The summed E-state index contributed by atoms with van der Waals surface area (Å²) in [6.45, 7) is 10.3. The largest absolute Gasteiger partial charge is 0.496 e. The predicted octanol–water partition coefficient (Wildman–Crippen LogP) is 2.43. The van der Waals surface area contributed by atoms with Gasteiger partial charge in [0.25, 0.3) is 0 Å². The summed E-state index contributed by atoms with van der Waals surface area (Å²) < 4.78 is 10.9. The van der Waals surface area contributed by atoms with Crippen molar-refractivity contribution in [2.45, 2.75) is 26.4 Å². The van der Waals surface area contributed by atoms with Crippen molar-refractivity contribution in [3.05, 3.63) is 29.8 Å². The second-order valence-corrected chi connectivity index (χ2v) is 6.36. The van der Waals surface area contributed by atoms with Crippen LogP contribution in [0.2, 0.25) is 0 Å². The first-order chi connectivity index (χ1) is 12.2. The summed E-state index contributed by atoms with van der Waals surface area (Å²) in [5.41, 5.74) is 1.15. The number of rotatable bonds is 7. The maximum atomic E-state index is 5.46. The third-order valence-corrected chi connectivity index (χ3v) is 4.47. The summed E-state index contributed by atoms with van der Waals surface area (Å²) in [6, 6.07) is 8.53. The smallest absolute Gasteiger partial charge is 0.194 e. The van der Waals surface area contributed by atoms with Crippen LogP contribution in [0.3, 0.4) is 0 Å². The van der Waals surface area contributed by atoms with Gasteiger partial charge in [0.15, 0.2) is 5.96 Å². The van der Waals surface area contributed by atoms with Gasteiger partial charge in [0.1, 0.15) is 5.75 Å². The first kappa shape index (κ1) is 23.0. The highest BCUT2D eigenvalue weighted by Gasteiger charge is 2.17. The molecule has 0 bridgehead atoms. The maximum absolute atomic E-state index is 5.46. The summed E-state index contributed by atoms with van der Waals surface area (Å²) in [6.07, 6.45) is 0. The fourth-order valence-corrected chi connectivity index (χ4v) is 2.99. The zero-order valence-electron chi connectivity index (χ0n) is 16.4. The molecule has 1 fully saturated rings. The van der Waals surface area contributed by atoms with E-state index in [-0.39, 0.29) is 24.0 Å². The third-order valence-electron chi connectivity index (χ3n) is 4.47. The zero-order chi connectivity index (χ0) is 18.1. The number of hydrogen-bond donors (Lipinski definition) is 1. The Balaban J connectivity index is 0.00000338. The molecular formula is C19H33IN4O2. The van der Waals surface area contributed by atoms with Gasteiger partial charge >= 0.3 is 0 Å². The van der Waals surface area contributed by atoms with Gasteiger partial charge in [-0.1, -0.05) is 18.2 Å². The molecule has 0 spiro atoms. The highest BCUT2D eigenvalue weighted by atomic mass is 127. The third kappa shape index (κ3) is 6.92. The van der Waals surface area contributed by atoms with Crippen molar-refractivity contribution in [1.29, 1.82) is 0 Å². The number of morpholine rings is 1. The fraction of sp³-hybridized carbons (Fsp3) is 0.632. The normalized spacial score (nSPS) is 16.5. The van der Waals surface area contributed by atoms with Crippen molar-refractivity contribution < 1.29 is 9.47 Å². The van der Waals surface area contributed by atoms with Crippen LogP contribution in [0.5, 0.6) is 5.75 Å². The number of para-hydroxylation sites is 1. The summed E-state index contributed by atoms with van der Waals surface area (Å²) in [5, 5.41) is 3.39. The highest BCUT2D eigenvalue weighted by Crippen LogP contribution is 2.18. The molecule has 0 aromatic heterocycles. The van der Waals surface area contributed by atoms with Crippen LogP contribution in [0.4, 0.5) is 0 Å². The number of nitrogens with zero attached hydrogens (tertiary/aromatic N) is 3. The number of ether oxygens (including phenoxy) is 2. The summed E-state index contributed by atoms with van der Waals surface area (Å²) >= 11 is 0. The second-order valence-electron chi connectivity index (χ2n) is 6.36. The van der Waals surface area contributed by atoms with Crippen LogP contribution < -0.4 is 10.1 Å². The molecule has 26 heavy (non-hydrogen) atoms. The van der Waals surface area contributed by atoms with Gasteiger partial charge in [-0.05, 0) is 19.9 Å². The monoisotopic (exact) mass is 476 g/mol. The first-order valence-electron chi connectivity index (χ1n) is 9.08. The molecule has 1 unspecified atom stereocenters. The summed E-state index contributed by atoms with van der Waals surface area (Å²) in [7, 11) is 3.77. The standard InChI is InChI=1S/C19H32N4O2.HI/c1-5-20-19(21-14-16(2)23-10-12-25-13-11-23)22(3)15-17-8-6-7-9-18(17)24-4;/h6-9,16H,5,10-15H2,1-4H3,(H,20,21);1H. The van der Waals surface area contributed by atoms with Crippen molar-refractivity contribution >= 4 is 29.9 Å². The molecule has 1 heterocycles. The molecule has 2 rings (SSSR count). The number of methoxy groups -OCH3 is 1. The average Bonchev–Trinajstić information content (AvgIpc) is 2.65. The molecule has 1 aromatic carbocycles. The van der Waals surface area contributed by atoms with Crippen LogP contribution in [0.25, 0.3) is 0 Å². The minimum Gasteiger partial charge on any atom is -0.496 e. The second kappa shape index (κ2) is 12.3. The Bertz CT molecular complexity index is 550. The van der Waals surface area contributed by atoms with E-state index in [4.69, 9.17) is 14.5 Å². The molecule has 1 atom stereocenters. The number of hydrogen-bond acceptors (Lipinski definition) is 4. The first-order valence-corrected chi connectivity index (χ1v) is 9.08. The molecule has 1 N–H and O–H groups in total. The van der Waals surface area contributed by atoms with Crippen LogP contribution in [0.15, 0.2) is 29.3 Å². The van der Waals surface area contributed by atoms with Crippen molar-refractivity contribution in [3.63, 3.8) is 0 Å². The van der Waals surface area contributed by atoms with E-state index in [1.165, 1.54) is 0 Å². The summed E-state index contributed by atoms with van der Waals surface area (Å²) in [5.74, 6) is 1.83. The Labute approximate surface area is 175 Å². The van der Waals surface area contributed by atoms with Crippen LogP contribution >= 0.6 is 24.0 Å². The van der Waals surface area contributed by atoms with E-state index in [2.05, 4.69) is 42.1 Å². The number of halogens is 1. The molecule has 0 saturated carbocycles. The van der Waals surface area contributed by atoms with E-state index in [0.29, 0.717) is 6.04 Å². The lowest BCUT2D eigenvalue weighted by Gasteiger charge is -2.32. The lowest BCUT2D eigenvalue weighted by molar-refractivity contribution is 0.0220. The molecule has 1 aromatic rings. The van der Waals surface area contributed by atoms with Crippen molar-refractivity contribution in [3.8, 4) is 5.75 Å². The Morgan fingerprint density at radius 1 is 1.35 bits per heavy atom. The lowest BCUT2D eigenvalue weighted by atomic mass is 10.2. The van der Waals surface area contributed by atoms with Gasteiger partial charge in [-0.25, -0.2) is 0 Å². The molecule has 7 heteroatoms. The Kier molecular flexibility index (Phi) is 10.9. The molecule has 0 radical (unpaired) electrons. The zero-order valence-corrected chi connectivity index (χ0v) is 18.7. The SMILES string of the molecule is CCNC(=NCC(C)N1CCOCC1)N(C)Cc1ccccc1OC.I. The van der Waals surface area contributed by atoms with E-state index < -0.39 is 0 Å². The van der Waals surface area contributed by atoms with E-state index in [9.17, 15) is 0 Å². The fourth-order valence-electron chi connectivity index (χ4n) is 2.99. The Morgan fingerprint density at radius 2 is 2.04 bits per heavy atom. The van der Waals surface area contributed by atoms with Gasteiger partial charge in [-0.2, -0.15) is 0 Å². The average molecular weight is 476 g/mol. The quantitative estimate of drug-likeness (QED) is 0.372. The number of guanidine groups is 1. The van der Waals surface area contributed by atoms with Gasteiger partial charge in [0.2, 0.25) is 0 Å².